The van der Waals surface area contributed by atoms with E-state index in [1.807, 2.05) is 33.3 Å². The second-order valence-corrected chi connectivity index (χ2v) is 2.02. The summed E-state index contributed by atoms with van der Waals surface area (Å²) in [6, 6.07) is 4.07. The van der Waals surface area contributed by atoms with Gasteiger partial charge in [-0.05, 0) is 13.0 Å². The van der Waals surface area contributed by atoms with Crippen molar-refractivity contribution < 1.29 is 0 Å². The first kappa shape index (κ1) is 6.34. The molecule has 0 aliphatic heterocycles. The van der Waals surface area contributed by atoms with Crippen LogP contribution < -0.4 is 5.46 Å². The third kappa shape index (κ3) is 1.56. The van der Waals surface area contributed by atoms with Crippen molar-refractivity contribution in [2.24, 2.45) is 0 Å². The van der Waals surface area contributed by atoms with Gasteiger partial charge in [0.15, 0.2) is 0 Å². The molecule has 1 radical (unpaired) electrons. The molecular formula is C7H9BN. The van der Waals surface area contributed by atoms with E-state index in [4.69, 9.17) is 0 Å². The largest absolute Gasteiger partial charge is 0.262 e. The van der Waals surface area contributed by atoms with Crippen LogP contribution in [0.1, 0.15) is 5.69 Å². The molecule has 0 fully saturated rings. The van der Waals surface area contributed by atoms with Crippen LogP contribution in [0.5, 0.6) is 0 Å². The third-order valence-electron chi connectivity index (χ3n) is 1.27. The molecule has 1 nitrogen and oxygen atoms in total. The molecule has 0 spiro atoms. The monoisotopic (exact) mass is 118 g/mol. The lowest BCUT2D eigenvalue weighted by atomic mass is 9.74. The fourth-order valence-electron chi connectivity index (χ4n) is 0.650. The normalized spacial score (nSPS) is 9.11. The number of hydrogen-bond donors (Lipinski definition) is 0. The molecule has 0 aromatic carbocycles. The predicted molar refractivity (Wildman–Crippen MR) is 40.2 cm³/mol. The van der Waals surface area contributed by atoms with Crippen LogP contribution in [-0.2, 0) is 0 Å². The smallest absolute Gasteiger partial charge is 0.150 e. The van der Waals surface area contributed by atoms with Crippen molar-refractivity contribution >= 4 is 12.7 Å². The van der Waals surface area contributed by atoms with E-state index in [0.29, 0.717) is 0 Å². The van der Waals surface area contributed by atoms with Gasteiger partial charge in [-0.15, -0.1) is 0 Å². The van der Waals surface area contributed by atoms with Crippen LogP contribution in [0.4, 0.5) is 0 Å². The van der Waals surface area contributed by atoms with E-state index >= 15 is 0 Å². The van der Waals surface area contributed by atoms with E-state index in [0.717, 1.165) is 5.69 Å². The maximum atomic E-state index is 4.12. The average molecular weight is 118 g/mol. The predicted octanol–water partition coefficient (Wildman–Crippen LogP) is 0.768. The summed E-state index contributed by atoms with van der Waals surface area (Å²) < 4.78 is 0. The summed E-state index contributed by atoms with van der Waals surface area (Å²) in [5.74, 6) is 0. The minimum absolute atomic E-state index is 1.07. The average Bonchev–Trinajstić information content (AvgIpc) is 1.90. The van der Waals surface area contributed by atoms with Gasteiger partial charge in [-0.2, -0.15) is 0 Å². The quantitative estimate of drug-likeness (QED) is 0.496. The Morgan fingerprint density at radius 3 is 2.67 bits per heavy atom. The molecule has 2 heteroatoms. The highest BCUT2D eigenvalue weighted by Gasteiger charge is 1.87. The van der Waals surface area contributed by atoms with Gasteiger partial charge in [0.2, 0.25) is 0 Å². The number of aromatic nitrogens is 1. The summed E-state index contributed by atoms with van der Waals surface area (Å²) in [4.78, 5) is 4.12. The first-order valence-electron chi connectivity index (χ1n) is 3.05. The van der Waals surface area contributed by atoms with Crippen molar-refractivity contribution in [1.29, 1.82) is 0 Å². The van der Waals surface area contributed by atoms with E-state index in [2.05, 4.69) is 11.1 Å². The Morgan fingerprint density at radius 2 is 2.22 bits per heavy atom. The molecule has 1 aromatic rings. The second-order valence-electron chi connectivity index (χ2n) is 2.02. The zero-order valence-electron chi connectivity index (χ0n) is 5.76. The molecular weight excluding hydrogens is 109 g/mol. The fourth-order valence-corrected chi connectivity index (χ4v) is 0.650. The molecule has 0 unspecified atom stereocenters. The lowest BCUT2D eigenvalue weighted by Crippen LogP contribution is -2.10. The lowest BCUT2D eigenvalue weighted by molar-refractivity contribution is 1.21. The van der Waals surface area contributed by atoms with E-state index in [-0.39, 0.29) is 0 Å². The third-order valence-corrected chi connectivity index (χ3v) is 1.27. The minimum Gasteiger partial charge on any atom is -0.262 e. The molecule has 0 N–H and O–H groups in total. The van der Waals surface area contributed by atoms with Crippen LogP contribution in [0.3, 0.4) is 0 Å². The topological polar surface area (TPSA) is 12.9 Å². The minimum atomic E-state index is 1.07. The molecule has 0 bridgehead atoms. The van der Waals surface area contributed by atoms with Gasteiger partial charge in [0.05, 0.1) is 0 Å². The van der Waals surface area contributed by atoms with Crippen molar-refractivity contribution in [3.05, 3.63) is 24.0 Å². The first-order chi connectivity index (χ1) is 4.33. The highest BCUT2D eigenvalue weighted by Crippen LogP contribution is 1.85. The number of hydrogen-bond acceptors (Lipinski definition) is 1. The van der Waals surface area contributed by atoms with Gasteiger partial charge in [0.25, 0.3) is 0 Å². The summed E-state index contributed by atoms with van der Waals surface area (Å²) in [7, 11) is 2.03. The number of aryl methyl sites for hydroxylation is 1. The summed E-state index contributed by atoms with van der Waals surface area (Å²) in [5.41, 5.74) is 2.25. The SMILES string of the molecule is C[B]c1ccc(C)nc1. The van der Waals surface area contributed by atoms with Crippen molar-refractivity contribution in [1.82, 2.24) is 4.98 Å². The Hall–Kier alpha value is -0.785. The fraction of sp³-hybridized carbons (Fsp3) is 0.286. The number of pyridine rings is 1. The van der Waals surface area contributed by atoms with Gasteiger partial charge in [-0.25, -0.2) is 0 Å². The summed E-state index contributed by atoms with van der Waals surface area (Å²) in [6.45, 7) is 3.99. The second kappa shape index (κ2) is 2.67. The van der Waals surface area contributed by atoms with Crippen molar-refractivity contribution in [3.8, 4) is 0 Å². The van der Waals surface area contributed by atoms with Crippen LogP contribution in [0.2, 0.25) is 6.82 Å². The van der Waals surface area contributed by atoms with Gasteiger partial charge in [0, 0.05) is 11.9 Å². The van der Waals surface area contributed by atoms with Crippen molar-refractivity contribution in [2.45, 2.75) is 13.7 Å². The Bertz CT molecular complexity index is 181. The summed E-state index contributed by atoms with van der Waals surface area (Å²) in [6.07, 6.45) is 1.87. The van der Waals surface area contributed by atoms with Gasteiger partial charge in [-0.1, -0.05) is 18.4 Å². The van der Waals surface area contributed by atoms with E-state index in [1.54, 1.807) is 0 Å². The van der Waals surface area contributed by atoms with Crippen LogP contribution >= 0.6 is 0 Å². The Morgan fingerprint density at radius 1 is 1.44 bits per heavy atom. The van der Waals surface area contributed by atoms with Crippen LogP contribution in [0.15, 0.2) is 18.3 Å². The van der Waals surface area contributed by atoms with Crippen molar-refractivity contribution in [3.63, 3.8) is 0 Å². The maximum absolute atomic E-state index is 4.12. The van der Waals surface area contributed by atoms with Gasteiger partial charge in [0.1, 0.15) is 7.28 Å². The Labute approximate surface area is 56.4 Å². The summed E-state index contributed by atoms with van der Waals surface area (Å²) in [5, 5.41) is 0. The highest BCUT2D eigenvalue weighted by molar-refractivity contribution is 6.51. The Balaban J connectivity index is 2.88. The summed E-state index contributed by atoms with van der Waals surface area (Å²) >= 11 is 0. The molecule has 0 atom stereocenters. The molecule has 0 saturated heterocycles. The Kier molecular flexibility index (Phi) is 1.88. The molecule has 0 amide bonds. The van der Waals surface area contributed by atoms with E-state index < -0.39 is 0 Å². The zero-order valence-corrected chi connectivity index (χ0v) is 5.76. The molecule has 0 aliphatic carbocycles. The maximum Gasteiger partial charge on any atom is 0.150 e. The molecule has 45 valence electrons. The van der Waals surface area contributed by atoms with Crippen LogP contribution in [0, 0.1) is 6.92 Å². The molecule has 1 heterocycles. The molecule has 1 aromatic heterocycles. The molecule has 0 aliphatic rings. The van der Waals surface area contributed by atoms with Crippen molar-refractivity contribution in [2.75, 3.05) is 0 Å². The highest BCUT2D eigenvalue weighted by atomic mass is 14.6. The van der Waals surface area contributed by atoms with E-state index in [9.17, 15) is 0 Å². The van der Waals surface area contributed by atoms with Gasteiger partial charge >= 0.3 is 0 Å². The zero-order chi connectivity index (χ0) is 6.69. The number of rotatable bonds is 1. The lowest BCUT2D eigenvalue weighted by Gasteiger charge is -1.92. The molecule has 1 rings (SSSR count). The first-order valence-corrected chi connectivity index (χ1v) is 3.05. The van der Waals surface area contributed by atoms with Gasteiger partial charge < -0.3 is 0 Å². The van der Waals surface area contributed by atoms with E-state index in [1.165, 1.54) is 5.46 Å². The van der Waals surface area contributed by atoms with Crippen LogP contribution in [-0.4, -0.2) is 12.3 Å². The molecule has 9 heavy (non-hydrogen) atoms. The van der Waals surface area contributed by atoms with Gasteiger partial charge in [-0.3, -0.25) is 4.98 Å². The molecule has 0 saturated carbocycles. The number of nitrogens with zero attached hydrogens (tertiary/aromatic N) is 1. The van der Waals surface area contributed by atoms with Crippen LogP contribution in [0.25, 0.3) is 0 Å². The standard InChI is InChI=1S/C7H9BN/c1-6-3-4-7(8-2)5-9-6/h3-5H,1-2H3.